The fourth-order valence-electron chi connectivity index (χ4n) is 4.04. The summed E-state index contributed by atoms with van der Waals surface area (Å²) in [6, 6.07) is -1.23. The zero-order valence-corrected chi connectivity index (χ0v) is 18.7. The number of fused-ring (bicyclic) bond motifs is 1. The number of rotatable bonds is 6. The van der Waals surface area contributed by atoms with E-state index in [0.29, 0.717) is 0 Å². The number of likely N-dealkylation sites (tertiary alicyclic amines) is 1. The number of nitrogens with zero attached hydrogens (tertiary/aromatic N) is 3. The molecule has 0 aromatic carbocycles. The highest BCUT2D eigenvalue weighted by Gasteiger charge is 2.64. The molecule has 3 saturated heterocycles. The predicted molar refractivity (Wildman–Crippen MR) is 112 cm³/mol. The largest absolute Gasteiger partial charge is 0.511 e. The van der Waals surface area contributed by atoms with Crippen molar-refractivity contribution in [1.82, 2.24) is 9.80 Å². The third-order valence-electron chi connectivity index (χ3n) is 5.56. The van der Waals surface area contributed by atoms with E-state index in [1.54, 1.807) is 23.6 Å². The minimum Gasteiger partial charge on any atom is -0.435 e. The lowest BCUT2D eigenvalue weighted by molar-refractivity contribution is -0.169. The molecule has 3 atom stereocenters. The molecular formula is C20H31N3O6S. The zero-order valence-electron chi connectivity index (χ0n) is 17.9. The predicted octanol–water partition coefficient (Wildman–Crippen LogP) is 2.39. The number of amides is 1. The quantitative estimate of drug-likeness (QED) is 0.204. The molecule has 168 valence electrons. The number of ether oxygens (including phenoxy) is 3. The molecule has 0 unspecified atom stereocenters. The minimum absolute atomic E-state index is 0.169. The average Bonchev–Trinajstić information content (AvgIpc) is 2.91. The third-order valence-corrected chi connectivity index (χ3v) is 7.11. The van der Waals surface area contributed by atoms with Gasteiger partial charge in [0.05, 0.1) is 12.9 Å². The number of hydrogen-bond acceptors (Lipinski definition) is 8. The number of hydrogen-bond donors (Lipinski definition) is 0. The maximum Gasteiger partial charge on any atom is 0.511 e. The number of esters is 1. The Labute approximate surface area is 181 Å². The van der Waals surface area contributed by atoms with Crippen LogP contribution in [0, 0.1) is 0 Å². The second-order valence-corrected chi connectivity index (χ2v) is 9.95. The Bertz CT molecular complexity index is 677. The van der Waals surface area contributed by atoms with E-state index >= 15 is 0 Å². The van der Waals surface area contributed by atoms with Gasteiger partial charge in [-0.2, -0.15) is 0 Å². The maximum absolute atomic E-state index is 12.8. The summed E-state index contributed by atoms with van der Waals surface area (Å²) in [5.74, 6) is -0.770. The molecular weight excluding hydrogens is 410 g/mol. The number of thioether (sulfide) groups is 1. The van der Waals surface area contributed by atoms with E-state index < -0.39 is 35.7 Å². The van der Waals surface area contributed by atoms with Gasteiger partial charge in [0.1, 0.15) is 11.4 Å². The lowest BCUT2D eigenvalue weighted by Crippen LogP contribution is -2.65. The number of β-lactam (4-membered cyclic amide) rings is 1. The van der Waals surface area contributed by atoms with Gasteiger partial charge in [0, 0.05) is 17.8 Å². The fourth-order valence-corrected chi connectivity index (χ4v) is 5.65. The highest BCUT2D eigenvalue weighted by atomic mass is 32.2. The van der Waals surface area contributed by atoms with Gasteiger partial charge in [0.2, 0.25) is 6.79 Å². The lowest BCUT2D eigenvalue weighted by atomic mass is 9.96. The van der Waals surface area contributed by atoms with Gasteiger partial charge in [-0.1, -0.05) is 19.3 Å². The summed E-state index contributed by atoms with van der Waals surface area (Å²) >= 11 is 1.55. The molecule has 0 saturated carbocycles. The Hall–Kier alpha value is -1.97. The molecule has 3 aliphatic rings. The van der Waals surface area contributed by atoms with Crippen molar-refractivity contribution in [3.8, 4) is 0 Å². The first-order chi connectivity index (χ1) is 14.3. The summed E-state index contributed by atoms with van der Waals surface area (Å²) in [6.07, 6.45) is 6.96. The smallest absolute Gasteiger partial charge is 0.435 e. The van der Waals surface area contributed by atoms with Crippen LogP contribution in [0.15, 0.2) is 4.99 Å². The van der Waals surface area contributed by atoms with Crippen molar-refractivity contribution in [1.29, 1.82) is 0 Å². The Kier molecular flexibility index (Phi) is 7.49. The summed E-state index contributed by atoms with van der Waals surface area (Å²) in [6.45, 7) is 7.01. The van der Waals surface area contributed by atoms with Gasteiger partial charge < -0.3 is 24.0 Å². The Morgan fingerprint density at radius 3 is 2.47 bits per heavy atom. The van der Waals surface area contributed by atoms with Crippen LogP contribution in [0.5, 0.6) is 0 Å². The van der Waals surface area contributed by atoms with Crippen molar-refractivity contribution < 1.29 is 28.6 Å². The molecule has 30 heavy (non-hydrogen) atoms. The van der Waals surface area contributed by atoms with Gasteiger partial charge in [-0.15, -0.1) is 11.8 Å². The first kappa shape index (κ1) is 22.7. The van der Waals surface area contributed by atoms with Crippen LogP contribution in [0.2, 0.25) is 0 Å². The van der Waals surface area contributed by atoms with Crippen LogP contribution in [0.1, 0.15) is 52.9 Å². The van der Waals surface area contributed by atoms with E-state index in [1.165, 1.54) is 19.3 Å². The molecule has 9 nitrogen and oxygen atoms in total. The van der Waals surface area contributed by atoms with Gasteiger partial charge in [-0.3, -0.25) is 9.79 Å². The lowest BCUT2D eigenvalue weighted by Gasteiger charge is -2.42. The Morgan fingerprint density at radius 2 is 1.80 bits per heavy atom. The van der Waals surface area contributed by atoms with Crippen LogP contribution in [-0.2, 0) is 23.8 Å². The third kappa shape index (κ3) is 5.01. The van der Waals surface area contributed by atoms with E-state index in [9.17, 15) is 14.4 Å². The van der Waals surface area contributed by atoms with Crippen molar-refractivity contribution >= 4 is 36.1 Å². The second-order valence-electron chi connectivity index (χ2n) is 8.18. The van der Waals surface area contributed by atoms with Gasteiger partial charge in [0.15, 0.2) is 6.04 Å². The average molecular weight is 442 g/mol. The van der Waals surface area contributed by atoms with Crippen LogP contribution in [0.4, 0.5) is 4.79 Å². The van der Waals surface area contributed by atoms with Gasteiger partial charge in [0.25, 0.3) is 5.91 Å². The first-order valence-corrected chi connectivity index (χ1v) is 11.5. The normalized spacial score (nSPS) is 28.4. The SMILES string of the molecule is CCOC(=O)OCOC(=O)[C@@H]1N2C(=O)[C@H](N=CN3CCCCCCC3)[C@H]2SC1(C)C. The molecule has 0 aromatic rings. The maximum atomic E-state index is 12.8. The highest BCUT2D eigenvalue weighted by molar-refractivity contribution is 8.01. The fraction of sp³-hybridized carbons (Fsp3) is 0.800. The molecule has 0 bridgehead atoms. The molecule has 3 rings (SSSR count). The molecule has 3 aliphatic heterocycles. The summed E-state index contributed by atoms with van der Waals surface area (Å²) in [7, 11) is 0. The van der Waals surface area contributed by atoms with Crippen molar-refractivity contribution in [2.75, 3.05) is 26.5 Å². The van der Waals surface area contributed by atoms with Gasteiger partial charge in [-0.05, 0) is 33.6 Å². The number of carbonyl (C=O) groups is 3. The zero-order chi connectivity index (χ0) is 21.7. The second kappa shape index (κ2) is 9.89. The van der Waals surface area contributed by atoms with Crippen LogP contribution in [0.3, 0.4) is 0 Å². The molecule has 0 spiro atoms. The van der Waals surface area contributed by atoms with Gasteiger partial charge in [-0.25, -0.2) is 9.59 Å². The molecule has 0 radical (unpaired) electrons. The monoisotopic (exact) mass is 441 g/mol. The molecule has 1 amide bonds. The Balaban J connectivity index is 1.57. The molecule has 0 aromatic heterocycles. The highest BCUT2D eigenvalue weighted by Crippen LogP contribution is 2.51. The van der Waals surface area contributed by atoms with E-state index in [2.05, 4.69) is 14.6 Å². The van der Waals surface area contributed by atoms with Crippen LogP contribution >= 0.6 is 11.8 Å². The number of aliphatic imine (C=N–C) groups is 1. The van der Waals surface area contributed by atoms with Crippen LogP contribution in [-0.4, -0.2) is 82.9 Å². The summed E-state index contributed by atoms with van der Waals surface area (Å²) < 4.78 is 13.9. The van der Waals surface area contributed by atoms with Crippen molar-refractivity contribution in [3.63, 3.8) is 0 Å². The molecule has 0 aliphatic carbocycles. The van der Waals surface area contributed by atoms with E-state index in [1.807, 2.05) is 20.2 Å². The van der Waals surface area contributed by atoms with E-state index in [4.69, 9.17) is 9.47 Å². The summed E-state index contributed by atoms with van der Waals surface area (Å²) in [5.41, 5.74) is 0. The van der Waals surface area contributed by atoms with Crippen molar-refractivity contribution in [2.24, 2.45) is 4.99 Å². The van der Waals surface area contributed by atoms with Crippen LogP contribution < -0.4 is 0 Å². The molecule has 0 N–H and O–H groups in total. The van der Waals surface area contributed by atoms with Crippen molar-refractivity contribution in [2.45, 2.75) is 75.1 Å². The van der Waals surface area contributed by atoms with E-state index in [0.717, 1.165) is 25.9 Å². The summed E-state index contributed by atoms with van der Waals surface area (Å²) in [5, 5.41) is -0.193. The van der Waals surface area contributed by atoms with Crippen LogP contribution in [0.25, 0.3) is 0 Å². The first-order valence-electron chi connectivity index (χ1n) is 10.6. The molecule has 10 heteroatoms. The molecule has 3 heterocycles. The number of carbonyl (C=O) groups excluding carboxylic acids is 3. The summed E-state index contributed by atoms with van der Waals surface area (Å²) in [4.78, 5) is 44.9. The Morgan fingerprint density at radius 1 is 1.13 bits per heavy atom. The minimum atomic E-state index is -0.901. The standard InChI is InChI=1S/C20H31N3O6S/c1-4-27-19(26)29-13-28-18(25)15-20(2,3)30-17-14(16(24)23(15)17)21-12-22-10-8-6-5-7-9-11-22/h12,14-15,17H,4-11,13H2,1-3H3/t14-,15-,17+/m0/s1. The van der Waals surface area contributed by atoms with Crippen molar-refractivity contribution in [3.05, 3.63) is 0 Å². The van der Waals surface area contributed by atoms with Gasteiger partial charge >= 0.3 is 12.1 Å². The topological polar surface area (TPSA) is 97.7 Å². The van der Waals surface area contributed by atoms with E-state index in [-0.39, 0.29) is 17.9 Å². The molecule has 3 fully saturated rings.